The minimum absolute atomic E-state index is 0.0432. The third-order valence-electron chi connectivity index (χ3n) is 4.18. The lowest BCUT2D eigenvalue weighted by Gasteiger charge is -2.24. The van der Waals surface area contributed by atoms with Gasteiger partial charge in [0, 0.05) is 17.6 Å². The number of amides is 1. The number of hydrogen-bond donors (Lipinski definition) is 0. The van der Waals surface area contributed by atoms with E-state index in [0.717, 1.165) is 22.9 Å². The zero-order valence-electron chi connectivity index (χ0n) is 12.5. The Balaban J connectivity index is 1.73. The maximum atomic E-state index is 12.4. The first kappa shape index (κ1) is 15.0. The fourth-order valence-electron chi connectivity index (χ4n) is 2.99. The third kappa shape index (κ3) is 3.14. The van der Waals surface area contributed by atoms with Crippen LogP contribution in [-0.2, 0) is 11.2 Å². The van der Waals surface area contributed by atoms with E-state index in [9.17, 15) is 4.79 Å². The van der Waals surface area contributed by atoms with Gasteiger partial charge in [-0.3, -0.25) is 4.79 Å². The number of nitrogens with zero attached hydrogens (tertiary/aromatic N) is 1. The lowest BCUT2D eigenvalue weighted by atomic mass is 10.1. The van der Waals surface area contributed by atoms with Gasteiger partial charge in [0.25, 0.3) is 0 Å². The summed E-state index contributed by atoms with van der Waals surface area (Å²) in [4.78, 5) is 14.3. The van der Waals surface area contributed by atoms with Gasteiger partial charge in [0.15, 0.2) is 0 Å². The standard InChI is InChI=1S/C19H18BrNO/c1-21(18-11-10-15-6-2-3-8-17(15)18)19(22)12-9-14-5-4-7-16(20)13-14/h2-9,12-13,18H,10-11H2,1H3. The second-order valence-electron chi connectivity index (χ2n) is 5.59. The van der Waals surface area contributed by atoms with Gasteiger partial charge in [0.1, 0.15) is 0 Å². The molecule has 2 nitrogen and oxygen atoms in total. The number of hydrogen-bond acceptors (Lipinski definition) is 1. The smallest absolute Gasteiger partial charge is 0.246 e. The first-order valence-corrected chi connectivity index (χ1v) is 8.23. The number of carbonyl (C=O) groups excluding carboxylic acids is 1. The second kappa shape index (κ2) is 6.49. The van der Waals surface area contributed by atoms with Crippen LogP contribution in [0.2, 0.25) is 0 Å². The fraction of sp³-hybridized carbons (Fsp3) is 0.211. The molecule has 0 fully saturated rings. The number of carbonyl (C=O) groups is 1. The van der Waals surface area contributed by atoms with E-state index in [1.807, 2.05) is 48.4 Å². The summed E-state index contributed by atoms with van der Waals surface area (Å²) in [5.74, 6) is 0.0432. The van der Waals surface area contributed by atoms with Gasteiger partial charge >= 0.3 is 0 Å². The second-order valence-corrected chi connectivity index (χ2v) is 6.51. The van der Waals surface area contributed by atoms with E-state index < -0.39 is 0 Å². The van der Waals surface area contributed by atoms with Crippen molar-refractivity contribution in [2.75, 3.05) is 7.05 Å². The number of likely N-dealkylation sites (N-methyl/N-ethyl adjacent to an activating group) is 1. The molecule has 22 heavy (non-hydrogen) atoms. The van der Waals surface area contributed by atoms with Crippen LogP contribution >= 0.6 is 15.9 Å². The maximum absolute atomic E-state index is 12.4. The number of fused-ring (bicyclic) bond motifs is 1. The topological polar surface area (TPSA) is 20.3 Å². The molecule has 0 bridgehead atoms. The predicted octanol–water partition coefficient (Wildman–Crippen LogP) is 4.61. The predicted molar refractivity (Wildman–Crippen MR) is 93.5 cm³/mol. The molecular weight excluding hydrogens is 338 g/mol. The molecule has 112 valence electrons. The Morgan fingerprint density at radius 1 is 1.23 bits per heavy atom. The molecule has 2 aromatic carbocycles. The lowest BCUT2D eigenvalue weighted by molar-refractivity contribution is -0.126. The summed E-state index contributed by atoms with van der Waals surface area (Å²) < 4.78 is 1.01. The minimum atomic E-state index is 0.0432. The Morgan fingerprint density at radius 2 is 2.05 bits per heavy atom. The van der Waals surface area contributed by atoms with Crippen molar-refractivity contribution in [3.05, 3.63) is 75.8 Å². The van der Waals surface area contributed by atoms with E-state index >= 15 is 0 Å². The van der Waals surface area contributed by atoms with E-state index in [0.29, 0.717) is 0 Å². The average Bonchev–Trinajstić information content (AvgIpc) is 2.96. The van der Waals surface area contributed by atoms with Gasteiger partial charge in [-0.05, 0) is 47.7 Å². The van der Waals surface area contributed by atoms with Crippen LogP contribution in [0.25, 0.3) is 6.08 Å². The Bertz CT molecular complexity index is 723. The molecule has 0 spiro atoms. The van der Waals surface area contributed by atoms with Crippen molar-refractivity contribution in [1.29, 1.82) is 0 Å². The van der Waals surface area contributed by atoms with Crippen molar-refractivity contribution < 1.29 is 4.79 Å². The molecule has 0 saturated heterocycles. The van der Waals surface area contributed by atoms with Crippen molar-refractivity contribution in [3.8, 4) is 0 Å². The van der Waals surface area contributed by atoms with Gasteiger partial charge in [-0.2, -0.15) is 0 Å². The molecule has 0 saturated carbocycles. The molecule has 1 aliphatic carbocycles. The maximum Gasteiger partial charge on any atom is 0.246 e. The molecule has 2 aromatic rings. The van der Waals surface area contributed by atoms with E-state index in [1.165, 1.54) is 11.1 Å². The number of rotatable bonds is 3. The highest BCUT2D eigenvalue weighted by atomic mass is 79.9. The van der Waals surface area contributed by atoms with Crippen LogP contribution in [0.4, 0.5) is 0 Å². The van der Waals surface area contributed by atoms with Crippen molar-refractivity contribution in [1.82, 2.24) is 4.90 Å². The number of benzene rings is 2. The summed E-state index contributed by atoms with van der Waals surface area (Å²) >= 11 is 3.44. The van der Waals surface area contributed by atoms with E-state index in [-0.39, 0.29) is 11.9 Å². The molecule has 1 unspecified atom stereocenters. The zero-order valence-corrected chi connectivity index (χ0v) is 14.1. The Labute approximate surface area is 139 Å². The largest absolute Gasteiger partial charge is 0.335 e. The Hall–Kier alpha value is -1.87. The number of halogens is 1. The molecular formula is C19H18BrNO. The molecule has 0 aromatic heterocycles. The molecule has 0 N–H and O–H groups in total. The third-order valence-corrected chi connectivity index (χ3v) is 4.68. The Morgan fingerprint density at radius 3 is 2.86 bits per heavy atom. The fourth-order valence-corrected chi connectivity index (χ4v) is 3.40. The van der Waals surface area contributed by atoms with Crippen molar-refractivity contribution in [2.24, 2.45) is 0 Å². The van der Waals surface area contributed by atoms with E-state index in [1.54, 1.807) is 6.08 Å². The summed E-state index contributed by atoms with van der Waals surface area (Å²) in [5, 5.41) is 0. The molecule has 0 aliphatic heterocycles. The molecule has 1 amide bonds. The molecule has 1 atom stereocenters. The summed E-state index contributed by atoms with van der Waals surface area (Å²) in [7, 11) is 1.89. The molecule has 1 aliphatic rings. The Kier molecular flexibility index (Phi) is 4.44. The quantitative estimate of drug-likeness (QED) is 0.736. The van der Waals surface area contributed by atoms with E-state index in [4.69, 9.17) is 0 Å². The minimum Gasteiger partial charge on any atom is -0.335 e. The number of aryl methyl sites for hydroxylation is 1. The summed E-state index contributed by atoms with van der Waals surface area (Å²) in [5.41, 5.74) is 3.67. The van der Waals surface area contributed by atoms with Crippen LogP contribution in [0.3, 0.4) is 0 Å². The van der Waals surface area contributed by atoms with Crippen molar-refractivity contribution >= 4 is 27.9 Å². The van der Waals surface area contributed by atoms with Crippen LogP contribution in [0.5, 0.6) is 0 Å². The molecule has 3 heteroatoms. The molecule has 0 radical (unpaired) electrons. The average molecular weight is 356 g/mol. The van der Waals surface area contributed by atoms with Gasteiger partial charge < -0.3 is 4.90 Å². The van der Waals surface area contributed by atoms with Gasteiger partial charge in [-0.15, -0.1) is 0 Å². The van der Waals surface area contributed by atoms with Crippen molar-refractivity contribution in [3.63, 3.8) is 0 Å². The first-order chi connectivity index (χ1) is 10.6. The van der Waals surface area contributed by atoms with Gasteiger partial charge in [-0.25, -0.2) is 0 Å². The summed E-state index contributed by atoms with van der Waals surface area (Å²) in [6.45, 7) is 0. The monoisotopic (exact) mass is 355 g/mol. The highest BCUT2D eigenvalue weighted by Crippen LogP contribution is 2.34. The highest BCUT2D eigenvalue weighted by molar-refractivity contribution is 9.10. The van der Waals surface area contributed by atoms with Crippen LogP contribution in [-0.4, -0.2) is 17.9 Å². The van der Waals surface area contributed by atoms with Crippen molar-refractivity contribution in [2.45, 2.75) is 18.9 Å². The normalized spacial score (nSPS) is 16.7. The van der Waals surface area contributed by atoms with Gasteiger partial charge in [0.05, 0.1) is 6.04 Å². The summed E-state index contributed by atoms with van der Waals surface area (Å²) in [6.07, 6.45) is 5.58. The van der Waals surface area contributed by atoms with Crippen LogP contribution in [0.15, 0.2) is 59.1 Å². The zero-order chi connectivity index (χ0) is 15.5. The van der Waals surface area contributed by atoms with Crippen LogP contribution in [0, 0.1) is 0 Å². The molecule has 0 heterocycles. The SMILES string of the molecule is CN(C(=O)C=Cc1cccc(Br)c1)C1CCc2ccccc21. The summed E-state index contributed by atoms with van der Waals surface area (Å²) in [6, 6.07) is 16.5. The van der Waals surface area contributed by atoms with Gasteiger partial charge in [0.2, 0.25) is 5.91 Å². The van der Waals surface area contributed by atoms with Crippen LogP contribution in [0.1, 0.15) is 29.2 Å². The van der Waals surface area contributed by atoms with Gasteiger partial charge in [-0.1, -0.05) is 52.3 Å². The highest BCUT2D eigenvalue weighted by Gasteiger charge is 2.27. The lowest BCUT2D eigenvalue weighted by Crippen LogP contribution is -2.28. The van der Waals surface area contributed by atoms with E-state index in [2.05, 4.69) is 34.1 Å². The molecule has 3 rings (SSSR count). The van der Waals surface area contributed by atoms with Crippen LogP contribution < -0.4 is 0 Å². The first-order valence-electron chi connectivity index (χ1n) is 7.43.